The van der Waals surface area contributed by atoms with E-state index in [9.17, 15) is 4.79 Å². The van der Waals surface area contributed by atoms with E-state index >= 15 is 0 Å². The van der Waals surface area contributed by atoms with Gasteiger partial charge in [-0.25, -0.2) is 0 Å². The lowest BCUT2D eigenvalue weighted by atomic mass is 9.84. The van der Waals surface area contributed by atoms with Crippen molar-refractivity contribution in [2.45, 2.75) is 39.2 Å². The molecule has 1 amide bonds. The highest BCUT2D eigenvalue weighted by Gasteiger charge is 2.23. The second kappa shape index (κ2) is 10.5. The van der Waals surface area contributed by atoms with Crippen molar-refractivity contribution in [3.8, 4) is 5.75 Å². The Morgan fingerprint density at radius 3 is 2.29 bits per heavy atom. The summed E-state index contributed by atoms with van der Waals surface area (Å²) < 4.78 is 10.6. The molecular weight excluding hydrogens is 328 g/mol. The Morgan fingerprint density at radius 1 is 1.21 bits per heavy atom. The molecule has 0 radical (unpaired) electrons. The van der Waals surface area contributed by atoms with Gasteiger partial charge in [-0.2, -0.15) is 0 Å². The van der Waals surface area contributed by atoms with Gasteiger partial charge in [0.15, 0.2) is 0 Å². The van der Waals surface area contributed by atoms with E-state index in [4.69, 9.17) is 15.2 Å². The van der Waals surface area contributed by atoms with E-state index in [2.05, 4.69) is 33.0 Å². The summed E-state index contributed by atoms with van der Waals surface area (Å²) in [5.74, 6) is 1.17. The molecule has 1 aromatic rings. The van der Waals surface area contributed by atoms with Gasteiger partial charge in [-0.3, -0.25) is 4.79 Å². The van der Waals surface area contributed by atoms with E-state index < -0.39 is 6.04 Å². The number of rotatable bonds is 9. The molecule has 138 valence electrons. The summed E-state index contributed by atoms with van der Waals surface area (Å²) in [6, 6.07) is 7.38. The first kappa shape index (κ1) is 22.7. The number of nitrogens with one attached hydrogen (secondary N) is 1. The smallest absolute Gasteiger partial charge is 0.239 e. The van der Waals surface area contributed by atoms with Crippen LogP contribution in [-0.2, 0) is 14.9 Å². The molecule has 5 nitrogen and oxygen atoms in total. The van der Waals surface area contributed by atoms with Crippen LogP contribution >= 0.6 is 12.4 Å². The maximum atomic E-state index is 11.9. The molecule has 1 rings (SSSR count). The van der Waals surface area contributed by atoms with Crippen LogP contribution in [0.1, 0.15) is 33.3 Å². The van der Waals surface area contributed by atoms with Crippen LogP contribution in [0, 0.1) is 5.92 Å². The maximum absolute atomic E-state index is 11.9. The van der Waals surface area contributed by atoms with Gasteiger partial charge in [-0.05, 0) is 23.6 Å². The Bertz CT molecular complexity index is 490. The topological polar surface area (TPSA) is 73.6 Å². The molecule has 3 N–H and O–H groups in total. The highest BCUT2D eigenvalue weighted by Crippen LogP contribution is 2.24. The minimum atomic E-state index is -0.636. The molecule has 0 saturated carbocycles. The third kappa shape index (κ3) is 7.51. The number of ether oxygens (including phenoxy) is 2. The lowest BCUT2D eigenvalue weighted by Crippen LogP contribution is -2.47. The highest BCUT2D eigenvalue weighted by atomic mass is 35.5. The van der Waals surface area contributed by atoms with Gasteiger partial charge in [0.2, 0.25) is 5.91 Å². The lowest BCUT2D eigenvalue weighted by Gasteiger charge is -2.26. The van der Waals surface area contributed by atoms with Crippen molar-refractivity contribution in [3.05, 3.63) is 29.8 Å². The first-order chi connectivity index (χ1) is 10.8. The number of carbonyl (C=O) groups excluding carboxylic acids is 1. The van der Waals surface area contributed by atoms with Crippen LogP contribution in [0.15, 0.2) is 24.3 Å². The van der Waals surface area contributed by atoms with Gasteiger partial charge in [0.25, 0.3) is 0 Å². The van der Waals surface area contributed by atoms with Gasteiger partial charge in [0, 0.05) is 19.1 Å². The lowest BCUT2D eigenvalue weighted by molar-refractivity contribution is -0.123. The zero-order chi connectivity index (χ0) is 17.5. The van der Waals surface area contributed by atoms with Gasteiger partial charge < -0.3 is 20.5 Å². The first-order valence-corrected chi connectivity index (χ1v) is 8.02. The molecular formula is C18H31ClN2O3. The largest absolute Gasteiger partial charge is 0.493 e. The molecule has 0 fully saturated rings. The maximum Gasteiger partial charge on any atom is 0.239 e. The second-order valence-corrected chi connectivity index (χ2v) is 6.89. The summed E-state index contributed by atoms with van der Waals surface area (Å²) in [6.07, 6.45) is 0. The predicted octanol–water partition coefficient (Wildman–Crippen LogP) is 2.51. The molecule has 0 aliphatic heterocycles. The van der Waals surface area contributed by atoms with Crippen LogP contribution in [0.25, 0.3) is 0 Å². The van der Waals surface area contributed by atoms with E-state index in [1.807, 2.05) is 24.3 Å². The van der Waals surface area contributed by atoms with Crippen LogP contribution < -0.4 is 15.8 Å². The van der Waals surface area contributed by atoms with Gasteiger partial charge in [0.05, 0.1) is 13.2 Å². The zero-order valence-electron chi connectivity index (χ0n) is 15.3. The quantitative estimate of drug-likeness (QED) is 0.711. The number of amides is 1. The Balaban J connectivity index is 0.00000529. The number of hydrogen-bond donors (Lipinski definition) is 2. The average molecular weight is 359 g/mol. The van der Waals surface area contributed by atoms with Crippen molar-refractivity contribution in [2.75, 3.05) is 26.9 Å². The minimum Gasteiger partial charge on any atom is -0.493 e. The molecule has 0 aliphatic carbocycles. The average Bonchev–Trinajstić information content (AvgIpc) is 2.51. The zero-order valence-corrected chi connectivity index (χ0v) is 16.1. The SMILES string of the molecule is COCC(N)C(=O)NCC(C)(C)c1ccc(OCC(C)C)cc1.Cl. The Morgan fingerprint density at radius 2 is 1.79 bits per heavy atom. The standard InChI is InChI=1S/C18H30N2O3.ClH/c1-13(2)10-23-15-8-6-14(7-9-15)18(3,4)12-20-17(21)16(19)11-22-5;/h6-9,13,16H,10-12,19H2,1-5H3,(H,20,21);1H. The fourth-order valence-electron chi connectivity index (χ4n) is 2.06. The first-order valence-electron chi connectivity index (χ1n) is 8.02. The minimum absolute atomic E-state index is 0. The predicted molar refractivity (Wildman–Crippen MR) is 99.9 cm³/mol. The fraction of sp³-hybridized carbons (Fsp3) is 0.611. The van der Waals surface area contributed by atoms with Crippen LogP contribution in [0.3, 0.4) is 0 Å². The van der Waals surface area contributed by atoms with Crippen molar-refractivity contribution in [1.29, 1.82) is 0 Å². The molecule has 24 heavy (non-hydrogen) atoms. The fourth-order valence-corrected chi connectivity index (χ4v) is 2.06. The number of hydrogen-bond acceptors (Lipinski definition) is 4. The summed E-state index contributed by atoms with van der Waals surface area (Å²) in [5, 5.41) is 2.89. The molecule has 1 aromatic carbocycles. The molecule has 0 spiro atoms. The van der Waals surface area contributed by atoms with Crippen molar-refractivity contribution in [2.24, 2.45) is 11.7 Å². The molecule has 6 heteroatoms. The van der Waals surface area contributed by atoms with Gasteiger partial charge in [0.1, 0.15) is 11.8 Å². The molecule has 0 aliphatic rings. The molecule has 0 bridgehead atoms. The van der Waals surface area contributed by atoms with Crippen molar-refractivity contribution in [1.82, 2.24) is 5.32 Å². The van der Waals surface area contributed by atoms with Crippen LogP contribution in [0.5, 0.6) is 5.75 Å². The van der Waals surface area contributed by atoms with Gasteiger partial charge in [-0.1, -0.05) is 39.8 Å². The molecule has 1 unspecified atom stereocenters. The highest BCUT2D eigenvalue weighted by molar-refractivity contribution is 5.85. The summed E-state index contributed by atoms with van der Waals surface area (Å²) in [6.45, 7) is 9.83. The number of carbonyl (C=O) groups is 1. The van der Waals surface area contributed by atoms with Gasteiger partial charge in [-0.15, -0.1) is 12.4 Å². The summed E-state index contributed by atoms with van der Waals surface area (Å²) in [5.41, 5.74) is 6.66. The van der Waals surface area contributed by atoms with E-state index in [0.717, 1.165) is 11.3 Å². The summed E-state index contributed by atoms with van der Waals surface area (Å²) in [4.78, 5) is 11.9. The third-order valence-electron chi connectivity index (χ3n) is 3.61. The van der Waals surface area contributed by atoms with E-state index in [1.165, 1.54) is 7.11 Å². The van der Waals surface area contributed by atoms with Crippen molar-refractivity contribution >= 4 is 18.3 Å². The number of benzene rings is 1. The van der Waals surface area contributed by atoms with Crippen LogP contribution in [-0.4, -0.2) is 38.8 Å². The monoisotopic (exact) mass is 358 g/mol. The van der Waals surface area contributed by atoms with Crippen LogP contribution in [0.2, 0.25) is 0 Å². The molecule has 0 aromatic heterocycles. The van der Waals surface area contributed by atoms with E-state index in [1.54, 1.807) is 0 Å². The van der Waals surface area contributed by atoms with Crippen molar-refractivity contribution < 1.29 is 14.3 Å². The Labute approximate surface area is 151 Å². The number of halogens is 1. The normalized spacial score (nSPS) is 12.5. The molecule has 0 saturated heterocycles. The molecule has 0 heterocycles. The summed E-state index contributed by atoms with van der Waals surface area (Å²) in [7, 11) is 1.53. The second-order valence-electron chi connectivity index (χ2n) is 6.89. The van der Waals surface area contributed by atoms with Crippen molar-refractivity contribution in [3.63, 3.8) is 0 Å². The van der Waals surface area contributed by atoms with E-state index in [0.29, 0.717) is 19.1 Å². The summed E-state index contributed by atoms with van der Waals surface area (Å²) >= 11 is 0. The molecule has 1 atom stereocenters. The van der Waals surface area contributed by atoms with Crippen LogP contribution in [0.4, 0.5) is 0 Å². The Kier molecular flexibility index (Phi) is 9.97. The van der Waals surface area contributed by atoms with E-state index in [-0.39, 0.29) is 30.3 Å². The third-order valence-corrected chi connectivity index (χ3v) is 3.61. The number of nitrogens with two attached hydrogens (primary N) is 1. The Hall–Kier alpha value is -1.30. The number of methoxy groups -OCH3 is 1. The van der Waals surface area contributed by atoms with Gasteiger partial charge >= 0.3 is 0 Å².